The summed E-state index contributed by atoms with van der Waals surface area (Å²) < 4.78 is 62.5. The van der Waals surface area contributed by atoms with Gasteiger partial charge in [0.1, 0.15) is 0 Å². The second-order valence-electron chi connectivity index (χ2n) is 7.93. The molecule has 0 saturated heterocycles. The number of rotatable bonds is 8. The fourth-order valence-corrected chi connectivity index (χ4v) is 5.11. The van der Waals surface area contributed by atoms with E-state index in [4.69, 9.17) is 0 Å². The molecule has 3 rings (SSSR count). The van der Waals surface area contributed by atoms with E-state index in [2.05, 4.69) is 16.7 Å². The largest absolute Gasteiger partial charge is 0.390 e. The van der Waals surface area contributed by atoms with E-state index in [1.165, 1.54) is 11.1 Å². The minimum Gasteiger partial charge on any atom is -0.356 e. The molecular weight excluding hydrogens is 435 g/mol. The number of amides is 3. The van der Waals surface area contributed by atoms with Crippen LogP contribution in [-0.4, -0.2) is 38.8 Å². The molecule has 0 bridgehead atoms. The van der Waals surface area contributed by atoms with Crippen molar-refractivity contribution >= 4 is 27.6 Å². The molecule has 1 aromatic carbocycles. The SMILES string of the molecule is O=C(CCCS(=O)(=O)NC(=O)Nc1c2c(cc3c1CCC3)CCC2)NCCC(F)(F)F. The molecule has 0 heterocycles. The van der Waals surface area contributed by atoms with Gasteiger partial charge in [-0.15, -0.1) is 0 Å². The highest BCUT2D eigenvalue weighted by molar-refractivity contribution is 7.90. The average Bonchev–Trinajstić information content (AvgIpc) is 3.28. The molecule has 172 valence electrons. The van der Waals surface area contributed by atoms with E-state index in [1.807, 2.05) is 4.72 Å². The van der Waals surface area contributed by atoms with E-state index in [9.17, 15) is 31.2 Å². The molecule has 31 heavy (non-hydrogen) atoms. The lowest BCUT2D eigenvalue weighted by Gasteiger charge is -2.16. The summed E-state index contributed by atoms with van der Waals surface area (Å²) in [5, 5.41) is 4.82. The minimum absolute atomic E-state index is 0.114. The van der Waals surface area contributed by atoms with Crippen LogP contribution in [0.3, 0.4) is 0 Å². The highest BCUT2D eigenvalue weighted by atomic mass is 32.2. The first-order chi connectivity index (χ1) is 14.5. The van der Waals surface area contributed by atoms with Crippen molar-refractivity contribution in [1.82, 2.24) is 10.0 Å². The number of fused-ring (bicyclic) bond motifs is 2. The predicted molar refractivity (Wildman–Crippen MR) is 109 cm³/mol. The van der Waals surface area contributed by atoms with Crippen molar-refractivity contribution in [3.05, 3.63) is 28.3 Å². The zero-order valence-corrected chi connectivity index (χ0v) is 17.8. The van der Waals surface area contributed by atoms with Crippen molar-refractivity contribution in [2.24, 2.45) is 0 Å². The Balaban J connectivity index is 1.49. The Morgan fingerprint density at radius 3 is 2.19 bits per heavy atom. The van der Waals surface area contributed by atoms with Gasteiger partial charge < -0.3 is 10.6 Å². The standard InChI is InChI=1S/C20H26F3N3O4S/c21-20(22,23)9-10-24-17(27)8-3-11-31(29,30)26-19(28)25-18-15-6-1-4-13(15)12-14-5-2-7-16(14)18/h12H,1-11H2,(H,24,27)(H2,25,26,28). The van der Waals surface area contributed by atoms with Crippen molar-refractivity contribution in [2.45, 2.75) is 64.0 Å². The van der Waals surface area contributed by atoms with Gasteiger partial charge in [-0.3, -0.25) is 4.79 Å². The van der Waals surface area contributed by atoms with Crippen molar-refractivity contribution in [3.63, 3.8) is 0 Å². The summed E-state index contributed by atoms with van der Waals surface area (Å²) in [4.78, 5) is 23.9. The number of carbonyl (C=O) groups is 2. The molecule has 0 aromatic heterocycles. The lowest BCUT2D eigenvalue weighted by atomic mass is 9.99. The van der Waals surface area contributed by atoms with Gasteiger partial charge in [0.05, 0.1) is 12.2 Å². The van der Waals surface area contributed by atoms with Gasteiger partial charge in [-0.2, -0.15) is 13.2 Å². The molecule has 0 unspecified atom stereocenters. The molecule has 3 amide bonds. The molecule has 1 aromatic rings. The number of hydrogen-bond acceptors (Lipinski definition) is 4. The third kappa shape index (κ3) is 6.59. The first-order valence-electron chi connectivity index (χ1n) is 10.4. The number of sulfonamides is 1. The molecular formula is C20H26F3N3O4S. The normalized spacial score (nSPS) is 15.3. The Hall–Kier alpha value is -2.30. The molecule has 2 aliphatic rings. The van der Waals surface area contributed by atoms with Gasteiger partial charge in [0, 0.05) is 18.7 Å². The number of anilines is 1. The number of alkyl halides is 3. The van der Waals surface area contributed by atoms with Crippen LogP contribution >= 0.6 is 0 Å². The summed E-state index contributed by atoms with van der Waals surface area (Å²) in [5.74, 6) is -1.16. The van der Waals surface area contributed by atoms with Crippen molar-refractivity contribution in [3.8, 4) is 0 Å². The van der Waals surface area contributed by atoms with Gasteiger partial charge >= 0.3 is 12.2 Å². The predicted octanol–water partition coefficient (Wildman–Crippen LogP) is 2.96. The van der Waals surface area contributed by atoms with Gasteiger partial charge in [-0.25, -0.2) is 17.9 Å². The van der Waals surface area contributed by atoms with Crippen LogP contribution in [-0.2, 0) is 40.5 Å². The van der Waals surface area contributed by atoms with E-state index in [0.29, 0.717) is 0 Å². The summed E-state index contributed by atoms with van der Waals surface area (Å²) in [7, 11) is -3.99. The molecule has 0 saturated carbocycles. The van der Waals surface area contributed by atoms with E-state index < -0.39 is 46.9 Å². The van der Waals surface area contributed by atoms with E-state index in [-0.39, 0.29) is 12.8 Å². The number of aryl methyl sites for hydroxylation is 2. The first-order valence-corrected chi connectivity index (χ1v) is 12.0. The van der Waals surface area contributed by atoms with Crippen molar-refractivity contribution in [2.75, 3.05) is 17.6 Å². The Morgan fingerprint density at radius 2 is 1.61 bits per heavy atom. The number of halogens is 3. The lowest BCUT2D eigenvalue weighted by Crippen LogP contribution is -2.36. The summed E-state index contributed by atoms with van der Waals surface area (Å²) in [6.45, 7) is -0.554. The molecule has 11 heteroatoms. The monoisotopic (exact) mass is 461 g/mol. The van der Waals surface area contributed by atoms with E-state index in [0.717, 1.165) is 55.3 Å². The van der Waals surface area contributed by atoms with Crippen molar-refractivity contribution < 1.29 is 31.2 Å². The average molecular weight is 462 g/mol. The lowest BCUT2D eigenvalue weighted by molar-refractivity contribution is -0.135. The highest BCUT2D eigenvalue weighted by Gasteiger charge is 2.27. The number of carbonyl (C=O) groups excluding carboxylic acids is 2. The molecule has 3 N–H and O–H groups in total. The van der Waals surface area contributed by atoms with Gasteiger partial charge in [0.2, 0.25) is 15.9 Å². The second-order valence-corrected chi connectivity index (χ2v) is 9.77. The van der Waals surface area contributed by atoms with Gasteiger partial charge in [0.15, 0.2) is 0 Å². The maximum atomic E-state index is 12.4. The molecule has 0 atom stereocenters. The Morgan fingerprint density at radius 1 is 1.00 bits per heavy atom. The fourth-order valence-electron chi connectivity index (χ4n) is 4.15. The zero-order valence-electron chi connectivity index (χ0n) is 17.0. The van der Waals surface area contributed by atoms with Crippen LogP contribution in [0.5, 0.6) is 0 Å². The molecule has 2 aliphatic carbocycles. The van der Waals surface area contributed by atoms with Gasteiger partial charge in [-0.1, -0.05) is 6.07 Å². The Kier molecular flexibility index (Phi) is 7.13. The topological polar surface area (TPSA) is 104 Å². The van der Waals surface area contributed by atoms with Crippen LogP contribution in [0.15, 0.2) is 6.07 Å². The maximum Gasteiger partial charge on any atom is 0.390 e. The van der Waals surface area contributed by atoms with Crippen molar-refractivity contribution in [1.29, 1.82) is 0 Å². The van der Waals surface area contributed by atoms with E-state index in [1.54, 1.807) is 0 Å². The second kappa shape index (κ2) is 9.46. The van der Waals surface area contributed by atoms with Gasteiger partial charge in [-0.05, 0) is 67.2 Å². The smallest absolute Gasteiger partial charge is 0.356 e. The zero-order chi connectivity index (χ0) is 22.6. The molecule has 7 nitrogen and oxygen atoms in total. The van der Waals surface area contributed by atoms with Gasteiger partial charge in [0.25, 0.3) is 0 Å². The summed E-state index contributed by atoms with van der Waals surface area (Å²) in [6.07, 6.45) is -0.307. The Labute approximate surface area is 179 Å². The molecule has 0 radical (unpaired) electrons. The van der Waals surface area contributed by atoms with Crippen LogP contribution in [0.2, 0.25) is 0 Å². The summed E-state index contributed by atoms with van der Waals surface area (Å²) in [5.41, 5.74) is 5.28. The van der Waals surface area contributed by atoms with E-state index >= 15 is 0 Å². The highest BCUT2D eigenvalue weighted by Crippen LogP contribution is 2.38. The number of urea groups is 1. The van der Waals surface area contributed by atoms with Crippen LogP contribution < -0.4 is 15.4 Å². The van der Waals surface area contributed by atoms with Crippen LogP contribution in [0.1, 0.15) is 54.4 Å². The summed E-state index contributed by atoms with van der Waals surface area (Å²) in [6, 6.07) is 1.36. The fraction of sp³-hybridized carbons (Fsp3) is 0.600. The maximum absolute atomic E-state index is 12.4. The number of benzene rings is 1. The molecule has 0 spiro atoms. The van der Waals surface area contributed by atoms with Crippen LogP contribution in [0.4, 0.5) is 23.7 Å². The quantitative estimate of drug-likeness (QED) is 0.554. The Bertz CT molecular complexity index is 929. The first kappa shape index (κ1) is 23.4. The molecule has 0 aliphatic heterocycles. The minimum atomic E-state index is -4.37. The van der Waals surface area contributed by atoms with Crippen LogP contribution in [0.25, 0.3) is 0 Å². The third-order valence-corrected chi connectivity index (χ3v) is 6.83. The third-order valence-electron chi connectivity index (χ3n) is 5.51. The number of nitrogens with one attached hydrogen (secondary N) is 3. The summed E-state index contributed by atoms with van der Waals surface area (Å²) >= 11 is 0. The molecule has 0 fully saturated rings. The number of hydrogen-bond donors (Lipinski definition) is 3. The van der Waals surface area contributed by atoms with Crippen LogP contribution in [0, 0.1) is 0 Å².